The Morgan fingerprint density at radius 3 is 1.92 bits per heavy atom. The van der Waals surface area contributed by atoms with E-state index in [1.54, 1.807) is 0 Å². The van der Waals surface area contributed by atoms with Crippen LogP contribution in [0.5, 0.6) is 0 Å². The van der Waals surface area contributed by atoms with Gasteiger partial charge in [-0.1, -0.05) is 6.92 Å². The Hall–Kier alpha value is -0.340. The quantitative estimate of drug-likeness (QED) is 0.687. The highest BCUT2D eigenvalue weighted by Crippen LogP contribution is 2.28. The van der Waals surface area contributed by atoms with Crippen molar-refractivity contribution in [1.29, 1.82) is 0 Å². The summed E-state index contributed by atoms with van der Waals surface area (Å²) < 4.78 is 63.8. The molecule has 0 spiro atoms. The van der Waals surface area contributed by atoms with Gasteiger partial charge < -0.3 is 6.15 Å². The van der Waals surface area contributed by atoms with Crippen molar-refractivity contribution < 1.29 is 26.1 Å². The van der Waals surface area contributed by atoms with E-state index in [-0.39, 0.29) is 6.15 Å². The standard InChI is InChI=1S/C4H7F3O3S.H3N/c1-2-3(5)4(6,7)11(8,9)10;/h3H,2H2,1H3,(H,8,9,10);1H3. The summed E-state index contributed by atoms with van der Waals surface area (Å²) in [7, 11) is -5.62. The maximum absolute atomic E-state index is 12.1. The first-order valence-corrected chi connectivity index (χ1v) is 4.16. The molecule has 12 heavy (non-hydrogen) atoms. The molecule has 0 aliphatic rings. The van der Waals surface area contributed by atoms with E-state index < -0.39 is 28.0 Å². The molecule has 0 aromatic carbocycles. The number of alkyl halides is 3. The van der Waals surface area contributed by atoms with E-state index in [1.165, 1.54) is 0 Å². The average molecular weight is 209 g/mol. The zero-order valence-corrected chi connectivity index (χ0v) is 7.11. The smallest absolute Gasteiger partial charge is 0.344 e. The molecule has 0 saturated heterocycles. The normalized spacial score (nSPS) is 15.1. The van der Waals surface area contributed by atoms with Gasteiger partial charge in [-0.05, 0) is 6.42 Å². The zero-order chi connectivity index (χ0) is 9.28. The minimum atomic E-state index is -5.62. The number of halogens is 3. The van der Waals surface area contributed by atoms with Crippen molar-refractivity contribution in [3.63, 3.8) is 0 Å². The third kappa shape index (κ3) is 2.61. The van der Waals surface area contributed by atoms with Gasteiger partial charge in [0.25, 0.3) is 0 Å². The van der Waals surface area contributed by atoms with Crippen LogP contribution in [0.4, 0.5) is 13.2 Å². The predicted molar refractivity (Wildman–Crippen MR) is 36.7 cm³/mol. The second-order valence-corrected chi connectivity index (χ2v) is 3.41. The van der Waals surface area contributed by atoms with Crippen LogP contribution in [0.25, 0.3) is 0 Å². The fourth-order valence-corrected chi connectivity index (χ4v) is 0.889. The van der Waals surface area contributed by atoms with Crippen molar-refractivity contribution in [2.75, 3.05) is 0 Å². The lowest BCUT2D eigenvalue weighted by molar-refractivity contribution is -0.00388. The largest absolute Gasteiger partial charge is 0.400 e. The van der Waals surface area contributed by atoms with Gasteiger partial charge >= 0.3 is 15.4 Å². The van der Waals surface area contributed by atoms with Crippen molar-refractivity contribution in [2.45, 2.75) is 24.8 Å². The summed E-state index contributed by atoms with van der Waals surface area (Å²) in [5.74, 6) is 0. The molecule has 0 aliphatic carbocycles. The van der Waals surface area contributed by atoms with Crippen molar-refractivity contribution >= 4 is 10.1 Å². The Bertz CT molecular complexity index is 228. The highest BCUT2D eigenvalue weighted by atomic mass is 32.2. The minimum absolute atomic E-state index is 0. The van der Waals surface area contributed by atoms with Gasteiger partial charge in [0.15, 0.2) is 6.17 Å². The molecule has 0 rings (SSSR count). The van der Waals surface area contributed by atoms with Crippen molar-refractivity contribution in [2.24, 2.45) is 0 Å². The van der Waals surface area contributed by atoms with Gasteiger partial charge in [0.1, 0.15) is 0 Å². The van der Waals surface area contributed by atoms with Crippen molar-refractivity contribution in [3.8, 4) is 0 Å². The highest BCUT2D eigenvalue weighted by molar-refractivity contribution is 7.86. The molecule has 0 amide bonds. The van der Waals surface area contributed by atoms with Gasteiger partial charge in [-0.15, -0.1) is 0 Å². The lowest BCUT2D eigenvalue weighted by Gasteiger charge is -2.15. The van der Waals surface area contributed by atoms with Crippen molar-refractivity contribution in [3.05, 3.63) is 0 Å². The molecule has 4 N–H and O–H groups in total. The summed E-state index contributed by atoms with van der Waals surface area (Å²) in [5.41, 5.74) is 0. The van der Waals surface area contributed by atoms with Crippen LogP contribution >= 0.6 is 0 Å². The molecule has 0 aromatic heterocycles. The van der Waals surface area contributed by atoms with Crippen LogP contribution in [0.1, 0.15) is 13.3 Å². The van der Waals surface area contributed by atoms with E-state index in [4.69, 9.17) is 4.55 Å². The first-order valence-electron chi connectivity index (χ1n) is 2.72. The van der Waals surface area contributed by atoms with Crippen LogP contribution in [0.15, 0.2) is 0 Å². The van der Waals surface area contributed by atoms with Crippen LogP contribution < -0.4 is 6.15 Å². The first-order chi connectivity index (χ1) is 4.73. The van der Waals surface area contributed by atoms with Gasteiger partial charge in [0, 0.05) is 0 Å². The number of hydrogen-bond acceptors (Lipinski definition) is 3. The molecule has 0 saturated carbocycles. The molecule has 1 unspecified atom stereocenters. The Kier molecular flexibility index (Phi) is 4.80. The summed E-state index contributed by atoms with van der Waals surface area (Å²) in [5, 5.41) is -4.69. The molecule has 0 bridgehead atoms. The van der Waals surface area contributed by atoms with Gasteiger partial charge in [0.05, 0.1) is 0 Å². The topological polar surface area (TPSA) is 89.4 Å². The van der Waals surface area contributed by atoms with Crippen molar-refractivity contribution in [1.82, 2.24) is 6.15 Å². The maximum atomic E-state index is 12.1. The van der Waals surface area contributed by atoms with E-state index >= 15 is 0 Å². The lowest BCUT2D eigenvalue weighted by atomic mass is 10.3. The molecular formula is C4H10F3NO3S. The fraction of sp³-hybridized carbons (Fsp3) is 1.00. The Balaban J connectivity index is 0. The molecule has 0 aliphatic heterocycles. The van der Waals surface area contributed by atoms with Crippen LogP contribution in [0, 0.1) is 0 Å². The molecule has 1 atom stereocenters. The fourth-order valence-electron chi connectivity index (χ4n) is 0.399. The molecule has 0 radical (unpaired) electrons. The summed E-state index contributed by atoms with van der Waals surface area (Å²) in [6.45, 7) is 1.05. The second kappa shape index (κ2) is 4.06. The van der Waals surface area contributed by atoms with Gasteiger partial charge in [-0.2, -0.15) is 17.2 Å². The molecule has 4 nitrogen and oxygen atoms in total. The van der Waals surface area contributed by atoms with Crippen LogP contribution in [0.3, 0.4) is 0 Å². The number of rotatable bonds is 3. The summed E-state index contributed by atoms with van der Waals surface area (Å²) in [6, 6.07) is 0. The second-order valence-electron chi connectivity index (χ2n) is 1.91. The Morgan fingerprint density at radius 1 is 1.50 bits per heavy atom. The van der Waals surface area contributed by atoms with E-state index in [0.717, 1.165) is 6.92 Å². The van der Waals surface area contributed by atoms with E-state index in [2.05, 4.69) is 0 Å². The number of hydrogen-bond donors (Lipinski definition) is 2. The molecule has 0 fully saturated rings. The van der Waals surface area contributed by atoms with E-state index in [0.29, 0.717) is 0 Å². The first kappa shape index (κ1) is 14.2. The van der Waals surface area contributed by atoms with E-state index in [1.807, 2.05) is 0 Å². The van der Waals surface area contributed by atoms with Gasteiger partial charge in [-0.3, -0.25) is 4.55 Å². The monoisotopic (exact) mass is 209 g/mol. The third-order valence-electron chi connectivity index (χ3n) is 1.07. The molecule has 76 valence electrons. The zero-order valence-electron chi connectivity index (χ0n) is 6.30. The molecule has 0 aromatic rings. The Labute approximate surface area is 68.1 Å². The predicted octanol–water partition coefficient (Wildman–Crippen LogP) is 1.38. The molecular weight excluding hydrogens is 199 g/mol. The molecule has 8 heteroatoms. The summed E-state index contributed by atoms with van der Waals surface area (Å²) >= 11 is 0. The Morgan fingerprint density at radius 2 is 1.83 bits per heavy atom. The molecule has 0 heterocycles. The lowest BCUT2D eigenvalue weighted by Crippen LogP contribution is -2.38. The SMILES string of the molecule is CCC(F)C(F)(F)S(=O)(=O)O.N. The minimum Gasteiger partial charge on any atom is -0.344 e. The third-order valence-corrected chi connectivity index (χ3v) is 2.01. The highest BCUT2D eigenvalue weighted by Gasteiger charge is 2.51. The summed E-state index contributed by atoms with van der Waals surface area (Å²) in [6.07, 6.45) is -3.54. The van der Waals surface area contributed by atoms with Crippen LogP contribution in [-0.2, 0) is 10.1 Å². The van der Waals surface area contributed by atoms with Crippen LogP contribution in [-0.4, -0.2) is 24.4 Å². The maximum Gasteiger partial charge on any atom is 0.400 e. The summed E-state index contributed by atoms with van der Waals surface area (Å²) in [4.78, 5) is 0. The van der Waals surface area contributed by atoms with Gasteiger partial charge in [0.2, 0.25) is 0 Å². The van der Waals surface area contributed by atoms with E-state index in [9.17, 15) is 21.6 Å². The average Bonchev–Trinajstić information content (AvgIpc) is 1.83. The van der Waals surface area contributed by atoms with Gasteiger partial charge in [-0.25, -0.2) is 4.39 Å². The van der Waals surface area contributed by atoms with Crippen LogP contribution in [0.2, 0.25) is 0 Å².